The van der Waals surface area contributed by atoms with E-state index in [-0.39, 0.29) is 18.0 Å². The number of urea groups is 1. The number of hydrogen-bond acceptors (Lipinski definition) is 4. The van der Waals surface area contributed by atoms with Gasteiger partial charge >= 0.3 is 6.03 Å². The van der Waals surface area contributed by atoms with E-state index in [0.717, 1.165) is 48.4 Å². The molecular weight excluding hydrogens is 466 g/mol. The number of ether oxygens (including phenoxy) is 1. The van der Waals surface area contributed by atoms with E-state index in [1.807, 2.05) is 56.3 Å². The number of carbonyl (C=O) groups excluding carboxylic acids is 2. The summed E-state index contributed by atoms with van der Waals surface area (Å²) in [6, 6.07) is 17.0. The molecule has 37 heavy (non-hydrogen) atoms. The van der Waals surface area contributed by atoms with E-state index in [1.54, 1.807) is 23.9 Å². The van der Waals surface area contributed by atoms with E-state index < -0.39 is 0 Å². The molecule has 1 aromatic heterocycles. The number of nitrogens with zero attached hydrogens (tertiary/aromatic N) is 2. The summed E-state index contributed by atoms with van der Waals surface area (Å²) in [6.07, 6.45) is 3.06. The van der Waals surface area contributed by atoms with Gasteiger partial charge in [-0.2, -0.15) is 5.10 Å². The molecule has 0 unspecified atom stereocenters. The molecule has 2 aromatic carbocycles. The summed E-state index contributed by atoms with van der Waals surface area (Å²) in [7, 11) is 1.73. The second-order valence-corrected chi connectivity index (χ2v) is 9.81. The Morgan fingerprint density at radius 1 is 1.08 bits per heavy atom. The molecule has 1 fully saturated rings. The predicted molar refractivity (Wildman–Crippen MR) is 146 cm³/mol. The Bertz CT molecular complexity index is 1210. The zero-order chi connectivity index (χ0) is 26.4. The molecule has 0 bridgehead atoms. The second kappa shape index (κ2) is 12.1. The Labute approximate surface area is 218 Å². The van der Waals surface area contributed by atoms with Crippen LogP contribution in [0.1, 0.15) is 49.0 Å². The molecule has 4 rings (SSSR count). The van der Waals surface area contributed by atoms with Gasteiger partial charge in [-0.1, -0.05) is 37.3 Å². The van der Waals surface area contributed by atoms with Crippen molar-refractivity contribution < 1.29 is 14.3 Å². The average molecular weight is 504 g/mol. The molecule has 3 atom stereocenters. The third-order valence-corrected chi connectivity index (χ3v) is 7.14. The van der Waals surface area contributed by atoms with E-state index in [1.165, 1.54) is 0 Å². The van der Waals surface area contributed by atoms with Crippen LogP contribution in [0.3, 0.4) is 0 Å². The van der Waals surface area contributed by atoms with Crippen molar-refractivity contribution >= 4 is 17.8 Å². The van der Waals surface area contributed by atoms with E-state index in [0.29, 0.717) is 29.8 Å². The molecule has 0 aliphatic heterocycles. The fourth-order valence-electron chi connectivity index (χ4n) is 5.13. The average Bonchev–Trinajstić information content (AvgIpc) is 3.42. The Morgan fingerprint density at radius 3 is 2.49 bits per heavy atom. The van der Waals surface area contributed by atoms with Gasteiger partial charge < -0.3 is 15.4 Å². The highest BCUT2D eigenvalue weighted by molar-refractivity contribution is 5.95. The van der Waals surface area contributed by atoms with Crippen molar-refractivity contribution in [3.63, 3.8) is 0 Å². The number of hydrogen-bond donors (Lipinski definition) is 3. The highest BCUT2D eigenvalue weighted by Crippen LogP contribution is 2.34. The van der Waals surface area contributed by atoms with E-state index in [2.05, 4.69) is 22.9 Å². The summed E-state index contributed by atoms with van der Waals surface area (Å²) < 4.78 is 7.01. The van der Waals surface area contributed by atoms with Crippen LogP contribution in [0.15, 0.2) is 54.6 Å². The SMILES string of the molecule is CCNC(=O)c1ccc(-c2nn(-c3ccccc3)c(NC(=O)N[C@@H]3C[C@@H](CCOC)C[C@H]3C)c2C)cc1. The number of carbonyl (C=O) groups is 2. The number of nitrogens with one attached hydrogen (secondary N) is 3. The third-order valence-electron chi connectivity index (χ3n) is 7.14. The zero-order valence-electron chi connectivity index (χ0n) is 22.1. The molecule has 1 heterocycles. The Morgan fingerprint density at radius 2 is 1.81 bits per heavy atom. The van der Waals surface area contributed by atoms with E-state index in [9.17, 15) is 9.59 Å². The van der Waals surface area contributed by atoms with Crippen LogP contribution < -0.4 is 16.0 Å². The lowest BCUT2D eigenvalue weighted by Gasteiger charge is -2.18. The van der Waals surface area contributed by atoms with Crippen LogP contribution >= 0.6 is 0 Å². The lowest BCUT2D eigenvalue weighted by atomic mass is 10.0. The van der Waals surface area contributed by atoms with Crippen molar-refractivity contribution in [2.24, 2.45) is 11.8 Å². The Balaban J connectivity index is 1.57. The highest BCUT2D eigenvalue weighted by Gasteiger charge is 2.32. The Kier molecular flexibility index (Phi) is 8.61. The topological polar surface area (TPSA) is 97.3 Å². The van der Waals surface area contributed by atoms with Gasteiger partial charge in [0, 0.05) is 43.0 Å². The van der Waals surface area contributed by atoms with Gasteiger partial charge in [0.25, 0.3) is 5.91 Å². The lowest BCUT2D eigenvalue weighted by Crippen LogP contribution is -2.40. The molecular formula is C29H37N5O3. The summed E-state index contributed by atoms with van der Waals surface area (Å²) in [5.41, 5.74) is 3.91. The van der Waals surface area contributed by atoms with Gasteiger partial charge in [-0.3, -0.25) is 10.1 Å². The van der Waals surface area contributed by atoms with Gasteiger partial charge in [0.15, 0.2) is 0 Å². The number of benzene rings is 2. The van der Waals surface area contributed by atoms with Crippen molar-refractivity contribution in [2.45, 2.75) is 46.1 Å². The maximum Gasteiger partial charge on any atom is 0.320 e. The molecule has 3 N–H and O–H groups in total. The molecule has 1 aliphatic carbocycles. The van der Waals surface area contributed by atoms with E-state index in [4.69, 9.17) is 9.84 Å². The fraction of sp³-hybridized carbons (Fsp3) is 0.414. The third kappa shape index (κ3) is 6.20. The summed E-state index contributed by atoms with van der Waals surface area (Å²) in [4.78, 5) is 25.3. The minimum absolute atomic E-state index is 0.106. The molecule has 8 nitrogen and oxygen atoms in total. The van der Waals surface area contributed by atoms with Gasteiger partial charge in [0.05, 0.1) is 11.4 Å². The first kappa shape index (κ1) is 26.4. The highest BCUT2D eigenvalue weighted by atomic mass is 16.5. The van der Waals surface area contributed by atoms with Crippen molar-refractivity contribution in [1.29, 1.82) is 0 Å². The maximum atomic E-state index is 13.2. The number of anilines is 1. The van der Waals surface area contributed by atoms with Gasteiger partial charge in [-0.15, -0.1) is 0 Å². The first-order valence-corrected chi connectivity index (χ1v) is 13.0. The van der Waals surface area contributed by atoms with Crippen molar-refractivity contribution in [3.05, 3.63) is 65.7 Å². The quantitative estimate of drug-likeness (QED) is 0.375. The smallest absolute Gasteiger partial charge is 0.320 e. The first-order valence-electron chi connectivity index (χ1n) is 13.0. The van der Waals surface area contributed by atoms with Crippen LogP contribution in [-0.2, 0) is 4.74 Å². The molecule has 1 aliphatic rings. The van der Waals surface area contributed by atoms with Crippen molar-refractivity contribution in [2.75, 3.05) is 25.6 Å². The molecule has 0 spiro atoms. The van der Waals surface area contributed by atoms with Crippen LogP contribution in [0.5, 0.6) is 0 Å². The van der Waals surface area contributed by atoms with Gasteiger partial charge in [0.2, 0.25) is 0 Å². The van der Waals surface area contributed by atoms with Gasteiger partial charge in [-0.05, 0) is 69.2 Å². The molecule has 196 valence electrons. The molecule has 1 saturated carbocycles. The normalized spacial score (nSPS) is 19.0. The largest absolute Gasteiger partial charge is 0.385 e. The predicted octanol–water partition coefficient (Wildman–Crippen LogP) is 5.17. The summed E-state index contributed by atoms with van der Waals surface area (Å²) >= 11 is 0. The second-order valence-electron chi connectivity index (χ2n) is 9.81. The first-order chi connectivity index (χ1) is 17.9. The van der Waals surface area contributed by atoms with Crippen LogP contribution in [0.2, 0.25) is 0 Å². The number of aromatic nitrogens is 2. The standard InChI is InChI=1S/C29H37N5O3/c1-5-30-28(35)23-13-11-22(12-14-23)26-20(3)27(34(33-26)24-9-7-6-8-10-24)32-29(36)31-25-18-21(15-16-37-4)17-19(25)2/h6-14,19,21,25H,5,15-18H2,1-4H3,(H,30,35)(H2,31,32,36)/t19-,21+,25-/m1/s1. The maximum absolute atomic E-state index is 13.2. The van der Waals surface area contributed by atoms with Gasteiger partial charge in [-0.25, -0.2) is 9.48 Å². The van der Waals surface area contributed by atoms with Crippen LogP contribution in [0.25, 0.3) is 16.9 Å². The lowest BCUT2D eigenvalue weighted by molar-refractivity contribution is 0.0956. The minimum atomic E-state index is -0.234. The summed E-state index contributed by atoms with van der Waals surface area (Å²) in [6.45, 7) is 7.36. The minimum Gasteiger partial charge on any atom is -0.385 e. The molecule has 3 amide bonds. The molecule has 0 saturated heterocycles. The zero-order valence-corrected chi connectivity index (χ0v) is 22.1. The fourth-order valence-corrected chi connectivity index (χ4v) is 5.13. The Hall–Kier alpha value is -3.65. The monoisotopic (exact) mass is 503 g/mol. The van der Waals surface area contributed by atoms with Crippen molar-refractivity contribution in [1.82, 2.24) is 20.4 Å². The van der Waals surface area contributed by atoms with Crippen LogP contribution in [-0.4, -0.2) is 48.0 Å². The number of rotatable bonds is 9. The van der Waals surface area contributed by atoms with Gasteiger partial charge in [0.1, 0.15) is 5.82 Å². The number of methoxy groups -OCH3 is 1. The number of para-hydroxylation sites is 1. The molecule has 8 heteroatoms. The van der Waals surface area contributed by atoms with E-state index >= 15 is 0 Å². The van der Waals surface area contributed by atoms with Crippen LogP contribution in [0.4, 0.5) is 10.6 Å². The molecule has 3 aromatic rings. The summed E-state index contributed by atoms with van der Waals surface area (Å²) in [5.74, 6) is 1.48. The number of amides is 3. The van der Waals surface area contributed by atoms with Crippen LogP contribution in [0, 0.1) is 18.8 Å². The van der Waals surface area contributed by atoms with Crippen molar-refractivity contribution in [3.8, 4) is 16.9 Å². The summed E-state index contributed by atoms with van der Waals surface area (Å²) in [5, 5.41) is 14.0. The molecule has 0 radical (unpaired) electrons.